The lowest BCUT2D eigenvalue weighted by atomic mass is 10.3. The molecule has 1 aliphatic heterocycles. The van der Waals surface area contributed by atoms with Crippen LogP contribution in [0.25, 0.3) is 0 Å². The minimum Gasteiger partial charge on any atom is -0.299 e. The molecule has 0 aliphatic carbocycles. The molecule has 0 amide bonds. The van der Waals surface area contributed by atoms with E-state index in [-0.39, 0.29) is 5.50 Å². The second-order valence-electron chi connectivity index (χ2n) is 2.72. The van der Waals surface area contributed by atoms with Gasteiger partial charge in [-0.25, -0.2) is 0 Å². The first kappa shape index (κ1) is 8.27. The van der Waals surface area contributed by atoms with Gasteiger partial charge in [0, 0.05) is 11.4 Å². The van der Waals surface area contributed by atoms with Crippen LogP contribution in [0.15, 0.2) is 30.3 Å². The topological polar surface area (TPSA) is 3.24 Å². The average molecular weight is 200 g/mol. The maximum absolute atomic E-state index is 6.12. The third-order valence-corrected chi connectivity index (χ3v) is 3.54. The highest BCUT2D eigenvalue weighted by atomic mass is 35.5. The molecular weight excluding hydrogens is 190 g/mol. The van der Waals surface area contributed by atoms with Crippen molar-refractivity contribution in [2.45, 2.75) is 11.9 Å². The Balaban J connectivity index is 2.19. The number of anilines is 1. The second kappa shape index (κ2) is 3.58. The zero-order chi connectivity index (χ0) is 8.39. The summed E-state index contributed by atoms with van der Waals surface area (Å²) in [7, 11) is 0. The Kier molecular flexibility index (Phi) is 2.47. The van der Waals surface area contributed by atoms with Crippen LogP contribution in [-0.2, 0) is 0 Å². The number of alkyl halides is 1. The lowest BCUT2D eigenvalue weighted by Crippen LogP contribution is -2.16. The predicted molar refractivity (Wildman–Crippen MR) is 55.6 cm³/mol. The molecule has 0 saturated carbocycles. The summed E-state index contributed by atoms with van der Waals surface area (Å²) in [6.45, 7) is 0. The van der Waals surface area contributed by atoms with Crippen LogP contribution < -0.4 is 4.31 Å². The van der Waals surface area contributed by atoms with Crippen LogP contribution in [0.4, 0.5) is 5.69 Å². The van der Waals surface area contributed by atoms with Crippen molar-refractivity contribution < 1.29 is 0 Å². The fraction of sp³-hybridized carbons (Fsp3) is 0.333. The molecule has 2 rings (SSSR count). The monoisotopic (exact) mass is 199 g/mol. The zero-order valence-corrected chi connectivity index (χ0v) is 8.18. The number of hydrogen-bond donors (Lipinski definition) is 0. The first-order valence-electron chi connectivity index (χ1n) is 3.99. The van der Waals surface area contributed by atoms with Crippen molar-refractivity contribution in [2.75, 3.05) is 10.1 Å². The van der Waals surface area contributed by atoms with Crippen LogP contribution in [-0.4, -0.2) is 11.3 Å². The van der Waals surface area contributed by atoms with E-state index in [2.05, 4.69) is 16.4 Å². The van der Waals surface area contributed by atoms with E-state index in [4.69, 9.17) is 11.6 Å². The zero-order valence-electron chi connectivity index (χ0n) is 6.61. The standard InChI is InChI=1S/C9H10ClNS/c10-9-6-7-12-11(9)8-4-2-1-3-5-8/h1-5,9H,6-7H2. The van der Waals surface area contributed by atoms with E-state index in [1.54, 1.807) is 11.9 Å². The van der Waals surface area contributed by atoms with Crippen molar-refractivity contribution in [1.29, 1.82) is 0 Å². The maximum atomic E-state index is 6.12. The Bertz CT molecular complexity index is 252. The minimum atomic E-state index is 0.164. The molecule has 3 heteroatoms. The summed E-state index contributed by atoms with van der Waals surface area (Å²) in [5, 5.41) is 0. The Morgan fingerprint density at radius 2 is 2.08 bits per heavy atom. The van der Waals surface area contributed by atoms with Gasteiger partial charge in [-0.15, -0.1) is 0 Å². The molecular formula is C9H10ClNS. The first-order chi connectivity index (χ1) is 5.88. The Labute approximate surface area is 81.8 Å². The van der Waals surface area contributed by atoms with Crippen molar-refractivity contribution in [2.24, 2.45) is 0 Å². The smallest absolute Gasteiger partial charge is 0.115 e. The van der Waals surface area contributed by atoms with Gasteiger partial charge in [0.15, 0.2) is 0 Å². The molecule has 0 spiro atoms. The molecule has 1 unspecified atom stereocenters. The lowest BCUT2D eigenvalue weighted by molar-refractivity contribution is 0.911. The molecule has 12 heavy (non-hydrogen) atoms. The molecule has 1 nitrogen and oxygen atoms in total. The summed E-state index contributed by atoms with van der Waals surface area (Å²) in [6, 6.07) is 10.3. The van der Waals surface area contributed by atoms with Crippen LogP contribution >= 0.6 is 23.5 Å². The van der Waals surface area contributed by atoms with Gasteiger partial charge in [-0.05, 0) is 30.5 Å². The molecule has 1 aromatic rings. The number of hydrogen-bond acceptors (Lipinski definition) is 2. The van der Waals surface area contributed by atoms with Crippen LogP contribution in [0.3, 0.4) is 0 Å². The molecule has 1 fully saturated rings. The third-order valence-electron chi connectivity index (χ3n) is 1.85. The van der Waals surface area contributed by atoms with Crippen LogP contribution in [0.5, 0.6) is 0 Å². The molecule has 1 saturated heterocycles. The Hall–Kier alpha value is -0.340. The van der Waals surface area contributed by atoms with Crippen molar-refractivity contribution in [3.63, 3.8) is 0 Å². The number of rotatable bonds is 1. The van der Waals surface area contributed by atoms with Crippen LogP contribution in [0, 0.1) is 0 Å². The Morgan fingerprint density at radius 1 is 1.33 bits per heavy atom. The fourth-order valence-electron chi connectivity index (χ4n) is 1.26. The summed E-state index contributed by atoms with van der Waals surface area (Å²) in [6.07, 6.45) is 1.07. The molecule has 1 heterocycles. The van der Waals surface area contributed by atoms with Gasteiger partial charge in [0.2, 0.25) is 0 Å². The first-order valence-corrected chi connectivity index (χ1v) is 5.37. The SMILES string of the molecule is ClC1CCSN1c1ccccc1. The van der Waals surface area contributed by atoms with E-state index in [1.807, 2.05) is 18.2 Å². The number of para-hydroxylation sites is 1. The van der Waals surface area contributed by atoms with Gasteiger partial charge in [-0.2, -0.15) is 0 Å². The summed E-state index contributed by atoms with van der Waals surface area (Å²) in [5.74, 6) is 1.13. The quantitative estimate of drug-likeness (QED) is 0.389. The van der Waals surface area contributed by atoms with Gasteiger partial charge in [-0.3, -0.25) is 4.31 Å². The molecule has 1 aliphatic rings. The highest BCUT2D eigenvalue weighted by Crippen LogP contribution is 2.34. The molecule has 1 aromatic carbocycles. The predicted octanol–water partition coefficient (Wildman–Crippen LogP) is 3.11. The maximum Gasteiger partial charge on any atom is 0.115 e. The summed E-state index contributed by atoms with van der Waals surface area (Å²) >= 11 is 7.92. The third kappa shape index (κ3) is 1.54. The summed E-state index contributed by atoms with van der Waals surface area (Å²) < 4.78 is 2.17. The molecule has 0 N–H and O–H groups in total. The largest absolute Gasteiger partial charge is 0.299 e. The van der Waals surface area contributed by atoms with E-state index in [9.17, 15) is 0 Å². The van der Waals surface area contributed by atoms with E-state index in [0.717, 1.165) is 12.2 Å². The van der Waals surface area contributed by atoms with Crippen LogP contribution in [0.1, 0.15) is 6.42 Å². The van der Waals surface area contributed by atoms with E-state index >= 15 is 0 Å². The summed E-state index contributed by atoms with van der Waals surface area (Å²) in [4.78, 5) is 0. The van der Waals surface area contributed by atoms with E-state index in [0.29, 0.717) is 0 Å². The Morgan fingerprint density at radius 3 is 2.67 bits per heavy atom. The van der Waals surface area contributed by atoms with Gasteiger partial charge < -0.3 is 0 Å². The number of benzene rings is 1. The highest BCUT2D eigenvalue weighted by Gasteiger charge is 2.22. The molecule has 64 valence electrons. The number of nitrogens with zero attached hydrogens (tertiary/aromatic N) is 1. The van der Waals surface area contributed by atoms with Crippen LogP contribution in [0.2, 0.25) is 0 Å². The highest BCUT2D eigenvalue weighted by molar-refractivity contribution is 8.01. The van der Waals surface area contributed by atoms with Crippen molar-refractivity contribution in [3.8, 4) is 0 Å². The molecule has 0 radical (unpaired) electrons. The van der Waals surface area contributed by atoms with Crippen molar-refractivity contribution in [3.05, 3.63) is 30.3 Å². The van der Waals surface area contributed by atoms with Gasteiger partial charge in [-0.1, -0.05) is 29.8 Å². The van der Waals surface area contributed by atoms with E-state index in [1.165, 1.54) is 5.69 Å². The fourth-order valence-corrected chi connectivity index (χ4v) is 2.84. The normalized spacial score (nSPS) is 23.1. The van der Waals surface area contributed by atoms with Gasteiger partial charge in [0.25, 0.3) is 0 Å². The van der Waals surface area contributed by atoms with E-state index < -0.39 is 0 Å². The molecule has 1 atom stereocenters. The minimum absolute atomic E-state index is 0.164. The average Bonchev–Trinajstić information content (AvgIpc) is 2.53. The molecule has 0 bridgehead atoms. The van der Waals surface area contributed by atoms with Crippen molar-refractivity contribution >= 4 is 29.2 Å². The van der Waals surface area contributed by atoms with Gasteiger partial charge >= 0.3 is 0 Å². The number of halogens is 1. The van der Waals surface area contributed by atoms with Gasteiger partial charge in [0.05, 0.1) is 0 Å². The second-order valence-corrected chi connectivity index (χ2v) is 4.28. The molecule has 0 aromatic heterocycles. The van der Waals surface area contributed by atoms with Crippen molar-refractivity contribution in [1.82, 2.24) is 0 Å². The lowest BCUT2D eigenvalue weighted by Gasteiger charge is -2.19. The van der Waals surface area contributed by atoms with Gasteiger partial charge in [0.1, 0.15) is 5.50 Å². The summed E-state index contributed by atoms with van der Waals surface area (Å²) in [5.41, 5.74) is 1.37.